The van der Waals surface area contributed by atoms with E-state index in [2.05, 4.69) is 20.8 Å². The molecular formula is C21H24N6O3S2. The van der Waals surface area contributed by atoms with Crippen LogP contribution in [-0.4, -0.2) is 50.2 Å². The molecule has 0 atom stereocenters. The van der Waals surface area contributed by atoms with Gasteiger partial charge in [-0.3, -0.25) is 25.2 Å². The van der Waals surface area contributed by atoms with Crippen LogP contribution in [0.5, 0.6) is 0 Å². The minimum atomic E-state index is -0.460. The van der Waals surface area contributed by atoms with Gasteiger partial charge in [0.1, 0.15) is 16.3 Å². The summed E-state index contributed by atoms with van der Waals surface area (Å²) in [5.74, 6) is -0.615. The van der Waals surface area contributed by atoms with E-state index >= 15 is 0 Å². The minimum Gasteiger partial charge on any atom is -0.347 e. The summed E-state index contributed by atoms with van der Waals surface area (Å²) in [5.41, 5.74) is 6.32. The highest BCUT2D eigenvalue weighted by molar-refractivity contribution is 7.13. The first-order valence-electron chi connectivity index (χ1n) is 10.2. The summed E-state index contributed by atoms with van der Waals surface area (Å²) in [6.45, 7) is 5.07. The molecule has 4 heterocycles. The summed E-state index contributed by atoms with van der Waals surface area (Å²) in [7, 11) is 1.75. The number of hydrogen-bond acceptors (Lipinski definition) is 7. The van der Waals surface area contributed by atoms with Crippen molar-refractivity contribution >= 4 is 40.4 Å². The maximum absolute atomic E-state index is 12.8. The van der Waals surface area contributed by atoms with E-state index in [4.69, 9.17) is 0 Å². The van der Waals surface area contributed by atoms with Crippen LogP contribution in [0.1, 0.15) is 65.1 Å². The summed E-state index contributed by atoms with van der Waals surface area (Å²) in [6, 6.07) is 3.42. The van der Waals surface area contributed by atoms with E-state index in [0.717, 1.165) is 28.6 Å². The van der Waals surface area contributed by atoms with Crippen molar-refractivity contribution in [2.75, 3.05) is 13.1 Å². The number of amides is 3. The number of hydrogen-bond donors (Lipinski definition) is 2. The average Bonchev–Trinajstić information content (AvgIpc) is 3.51. The Balaban J connectivity index is 1.31. The molecule has 0 radical (unpaired) electrons. The Labute approximate surface area is 193 Å². The molecule has 168 valence electrons. The van der Waals surface area contributed by atoms with Crippen LogP contribution in [0.15, 0.2) is 23.7 Å². The van der Waals surface area contributed by atoms with Crippen molar-refractivity contribution in [2.45, 2.75) is 32.6 Å². The zero-order valence-corrected chi connectivity index (χ0v) is 19.7. The molecule has 32 heavy (non-hydrogen) atoms. The highest BCUT2D eigenvalue weighted by atomic mass is 32.1. The molecule has 1 aliphatic heterocycles. The Morgan fingerprint density at radius 3 is 2.44 bits per heavy atom. The Morgan fingerprint density at radius 2 is 1.81 bits per heavy atom. The van der Waals surface area contributed by atoms with Gasteiger partial charge in [0.25, 0.3) is 17.7 Å². The molecule has 0 spiro atoms. The summed E-state index contributed by atoms with van der Waals surface area (Å²) in [6.07, 6.45) is 3.34. The third-order valence-electron chi connectivity index (χ3n) is 5.45. The fourth-order valence-electron chi connectivity index (χ4n) is 3.72. The third-order valence-corrected chi connectivity index (χ3v) is 7.52. The highest BCUT2D eigenvalue weighted by Crippen LogP contribution is 2.31. The molecule has 0 saturated carbocycles. The predicted octanol–water partition coefficient (Wildman–Crippen LogP) is 2.65. The molecule has 11 heteroatoms. The maximum atomic E-state index is 12.8. The lowest BCUT2D eigenvalue weighted by atomic mass is 9.97. The first-order chi connectivity index (χ1) is 15.3. The van der Waals surface area contributed by atoms with Gasteiger partial charge in [-0.1, -0.05) is 0 Å². The van der Waals surface area contributed by atoms with Gasteiger partial charge in [0.05, 0.1) is 15.7 Å². The van der Waals surface area contributed by atoms with E-state index in [-0.39, 0.29) is 17.5 Å². The molecule has 0 bridgehead atoms. The van der Waals surface area contributed by atoms with Gasteiger partial charge in [-0.2, -0.15) is 0 Å². The Kier molecular flexibility index (Phi) is 6.38. The number of thiazole rings is 2. The number of aryl methyl sites for hydroxylation is 3. The number of aromatic nitrogens is 3. The van der Waals surface area contributed by atoms with Gasteiger partial charge in [-0.15, -0.1) is 22.7 Å². The van der Waals surface area contributed by atoms with Crippen LogP contribution in [0.4, 0.5) is 0 Å². The topological polar surface area (TPSA) is 109 Å². The first-order valence-corrected chi connectivity index (χ1v) is 11.9. The second-order valence-electron chi connectivity index (χ2n) is 7.70. The number of carbonyl (C=O) groups is 3. The van der Waals surface area contributed by atoms with Crippen molar-refractivity contribution < 1.29 is 14.4 Å². The molecule has 1 fully saturated rings. The van der Waals surface area contributed by atoms with Crippen LogP contribution in [0.25, 0.3) is 0 Å². The number of likely N-dealkylation sites (tertiary alicyclic amines) is 1. The van der Waals surface area contributed by atoms with Crippen molar-refractivity contribution in [3.63, 3.8) is 0 Å². The van der Waals surface area contributed by atoms with Gasteiger partial charge in [-0.05, 0) is 38.8 Å². The number of carbonyl (C=O) groups excluding carboxylic acids is 3. The molecule has 3 aromatic heterocycles. The molecule has 9 nitrogen and oxygen atoms in total. The molecule has 0 aromatic carbocycles. The molecule has 1 saturated heterocycles. The van der Waals surface area contributed by atoms with Crippen molar-refractivity contribution in [2.24, 2.45) is 7.05 Å². The quantitative estimate of drug-likeness (QED) is 0.568. The minimum absolute atomic E-state index is 0.0414. The van der Waals surface area contributed by atoms with Crippen LogP contribution in [-0.2, 0) is 7.05 Å². The Bertz CT molecular complexity index is 1160. The highest BCUT2D eigenvalue weighted by Gasteiger charge is 2.28. The molecule has 4 rings (SSSR count). The van der Waals surface area contributed by atoms with Crippen LogP contribution < -0.4 is 10.9 Å². The molecular weight excluding hydrogens is 448 g/mol. The molecule has 1 aliphatic rings. The number of nitrogens with one attached hydrogen (secondary N) is 2. The van der Waals surface area contributed by atoms with E-state index in [1.165, 1.54) is 22.7 Å². The van der Waals surface area contributed by atoms with Crippen molar-refractivity contribution in [3.05, 3.63) is 55.7 Å². The Hall–Kier alpha value is -3.05. The maximum Gasteiger partial charge on any atom is 0.289 e. The lowest BCUT2D eigenvalue weighted by molar-refractivity contribution is 0.0716. The summed E-state index contributed by atoms with van der Waals surface area (Å²) in [5, 5.41) is 3.47. The second-order valence-corrected chi connectivity index (χ2v) is 9.79. The van der Waals surface area contributed by atoms with Crippen LogP contribution >= 0.6 is 22.7 Å². The zero-order chi connectivity index (χ0) is 22.8. The number of hydrazine groups is 1. The fourth-order valence-corrected chi connectivity index (χ4v) is 5.58. The lowest BCUT2D eigenvalue weighted by Gasteiger charge is -2.30. The van der Waals surface area contributed by atoms with Crippen molar-refractivity contribution in [3.8, 4) is 0 Å². The number of rotatable bonds is 4. The monoisotopic (exact) mass is 472 g/mol. The molecule has 2 N–H and O–H groups in total. The van der Waals surface area contributed by atoms with Crippen LogP contribution in [0.3, 0.4) is 0 Å². The smallest absolute Gasteiger partial charge is 0.289 e. The lowest BCUT2D eigenvalue weighted by Crippen LogP contribution is -2.42. The summed E-state index contributed by atoms with van der Waals surface area (Å²) >= 11 is 2.87. The van der Waals surface area contributed by atoms with Gasteiger partial charge in [0.15, 0.2) is 0 Å². The van der Waals surface area contributed by atoms with E-state index in [0.29, 0.717) is 23.7 Å². The predicted molar refractivity (Wildman–Crippen MR) is 122 cm³/mol. The van der Waals surface area contributed by atoms with Gasteiger partial charge >= 0.3 is 0 Å². The fraction of sp³-hybridized carbons (Fsp3) is 0.381. The van der Waals surface area contributed by atoms with Gasteiger partial charge in [-0.25, -0.2) is 9.97 Å². The standard InChI is InChI=1S/C21H24N6O3S2/c1-12-17(32-13(2)22-12)21(30)27-9-6-14(7-10-27)20-23-15(11-31-20)18(28)24-25-19(29)16-5-4-8-26(16)3/h4-5,8,11,14H,6-7,9-10H2,1-3H3,(H,24,28)(H,25,29). The van der Waals surface area contributed by atoms with Crippen LogP contribution in [0, 0.1) is 13.8 Å². The molecule has 3 aromatic rings. The van der Waals surface area contributed by atoms with Crippen molar-refractivity contribution in [1.29, 1.82) is 0 Å². The van der Waals surface area contributed by atoms with E-state index < -0.39 is 11.8 Å². The zero-order valence-electron chi connectivity index (χ0n) is 18.0. The largest absolute Gasteiger partial charge is 0.347 e. The second kappa shape index (κ2) is 9.21. The third kappa shape index (κ3) is 4.58. The molecule has 3 amide bonds. The summed E-state index contributed by atoms with van der Waals surface area (Å²) < 4.78 is 1.66. The Morgan fingerprint density at radius 1 is 1.09 bits per heavy atom. The van der Waals surface area contributed by atoms with E-state index in [9.17, 15) is 14.4 Å². The normalized spacial score (nSPS) is 14.4. The van der Waals surface area contributed by atoms with Crippen LogP contribution in [0.2, 0.25) is 0 Å². The van der Waals surface area contributed by atoms with Gasteiger partial charge in [0, 0.05) is 37.6 Å². The van der Waals surface area contributed by atoms with Gasteiger partial charge < -0.3 is 9.47 Å². The van der Waals surface area contributed by atoms with Crippen molar-refractivity contribution in [1.82, 2.24) is 30.3 Å². The molecule has 0 aliphatic carbocycles. The average molecular weight is 473 g/mol. The SMILES string of the molecule is Cc1nc(C)c(C(=O)N2CCC(c3nc(C(=O)NNC(=O)c4cccn4C)cs3)CC2)s1. The van der Waals surface area contributed by atoms with E-state index in [1.54, 1.807) is 35.3 Å². The number of nitrogens with zero attached hydrogens (tertiary/aromatic N) is 4. The van der Waals surface area contributed by atoms with Gasteiger partial charge in [0.2, 0.25) is 0 Å². The first kappa shape index (κ1) is 22.2. The number of piperidine rings is 1. The van der Waals surface area contributed by atoms with E-state index in [1.807, 2.05) is 18.7 Å². The summed E-state index contributed by atoms with van der Waals surface area (Å²) in [4.78, 5) is 48.7. The molecule has 0 unspecified atom stereocenters.